The number of alkyl halides is 3. The molecule has 0 aromatic heterocycles. The molecule has 130 valence electrons. The van der Waals surface area contributed by atoms with Crippen LogP contribution < -0.4 is 5.32 Å². The predicted molar refractivity (Wildman–Crippen MR) is 92.5 cm³/mol. The van der Waals surface area contributed by atoms with Gasteiger partial charge in [-0.2, -0.15) is 13.2 Å². The van der Waals surface area contributed by atoms with Gasteiger partial charge in [-0.15, -0.1) is 0 Å². The van der Waals surface area contributed by atoms with Crippen molar-refractivity contribution in [1.82, 2.24) is 5.32 Å². The molecular formula is C18H18Cl2F3N. The van der Waals surface area contributed by atoms with Gasteiger partial charge in [-0.3, -0.25) is 0 Å². The fraction of sp³-hybridized carbons (Fsp3) is 0.333. The van der Waals surface area contributed by atoms with Crippen LogP contribution in [0.3, 0.4) is 0 Å². The highest BCUT2D eigenvalue weighted by Crippen LogP contribution is 2.29. The van der Waals surface area contributed by atoms with Gasteiger partial charge in [0.05, 0.1) is 15.6 Å². The van der Waals surface area contributed by atoms with Crippen LogP contribution in [0.15, 0.2) is 42.5 Å². The Balaban J connectivity index is 1.80. The second-order valence-electron chi connectivity index (χ2n) is 5.76. The fourth-order valence-corrected chi connectivity index (χ4v) is 2.60. The molecule has 24 heavy (non-hydrogen) atoms. The maximum atomic E-state index is 12.5. The molecule has 0 bridgehead atoms. The maximum Gasteiger partial charge on any atom is 0.416 e. The highest BCUT2D eigenvalue weighted by atomic mass is 35.5. The van der Waals surface area contributed by atoms with Crippen LogP contribution in [-0.2, 0) is 19.1 Å². The molecule has 0 saturated carbocycles. The first-order chi connectivity index (χ1) is 11.3. The quantitative estimate of drug-likeness (QED) is 0.640. The molecule has 1 atom stereocenters. The summed E-state index contributed by atoms with van der Waals surface area (Å²) in [5.74, 6) is 0. The number of benzene rings is 2. The lowest BCUT2D eigenvalue weighted by molar-refractivity contribution is -0.137. The molecule has 1 nitrogen and oxygen atoms in total. The minimum Gasteiger partial charge on any atom is -0.310 e. The third kappa shape index (κ3) is 5.69. The van der Waals surface area contributed by atoms with Crippen LogP contribution in [0.4, 0.5) is 13.2 Å². The molecule has 0 amide bonds. The summed E-state index contributed by atoms with van der Waals surface area (Å²) in [4.78, 5) is 0. The summed E-state index contributed by atoms with van der Waals surface area (Å²) < 4.78 is 37.5. The smallest absolute Gasteiger partial charge is 0.310 e. The summed E-state index contributed by atoms with van der Waals surface area (Å²) in [5, 5.41) is 4.39. The lowest BCUT2D eigenvalue weighted by Crippen LogP contribution is -2.26. The zero-order valence-electron chi connectivity index (χ0n) is 13.1. The van der Waals surface area contributed by atoms with E-state index in [9.17, 15) is 13.2 Å². The second kappa shape index (κ2) is 8.24. The lowest BCUT2D eigenvalue weighted by atomic mass is 10.1. The Morgan fingerprint density at radius 1 is 0.958 bits per heavy atom. The molecule has 0 fully saturated rings. The van der Waals surface area contributed by atoms with Crippen LogP contribution in [0.5, 0.6) is 0 Å². The first-order valence-electron chi connectivity index (χ1n) is 7.59. The molecule has 1 N–H and O–H groups in total. The van der Waals surface area contributed by atoms with E-state index in [-0.39, 0.29) is 6.04 Å². The van der Waals surface area contributed by atoms with Gasteiger partial charge < -0.3 is 5.32 Å². The zero-order chi connectivity index (χ0) is 17.7. The minimum atomic E-state index is -4.29. The Morgan fingerprint density at radius 2 is 1.58 bits per heavy atom. The zero-order valence-corrected chi connectivity index (χ0v) is 14.6. The molecule has 0 saturated heterocycles. The summed E-state index contributed by atoms with van der Waals surface area (Å²) in [6.45, 7) is 2.57. The van der Waals surface area contributed by atoms with Crippen molar-refractivity contribution in [3.8, 4) is 0 Å². The Hall–Kier alpha value is -1.23. The highest BCUT2D eigenvalue weighted by Gasteiger charge is 2.29. The van der Waals surface area contributed by atoms with Crippen molar-refractivity contribution in [2.24, 2.45) is 0 Å². The first kappa shape index (κ1) is 19.1. The predicted octanol–water partition coefficient (Wildman–Crippen LogP) is 6.12. The normalized spacial score (nSPS) is 13.1. The SMILES string of the molecule is C[C@H](CCc1ccc(Cl)c(Cl)c1)NCc1ccc(C(F)(F)F)cc1. The van der Waals surface area contributed by atoms with Crippen LogP contribution in [0, 0.1) is 0 Å². The number of hydrogen-bond acceptors (Lipinski definition) is 1. The summed E-state index contributed by atoms with van der Waals surface area (Å²) >= 11 is 11.9. The standard InChI is InChI=1S/C18H18Cl2F3N/c1-12(2-3-13-6-9-16(19)17(20)10-13)24-11-14-4-7-15(8-5-14)18(21,22)23/h4-10,12,24H,2-3,11H2,1H3/t12-/m1/s1. The molecular weight excluding hydrogens is 358 g/mol. The van der Waals surface area contributed by atoms with E-state index in [0.29, 0.717) is 16.6 Å². The van der Waals surface area contributed by atoms with Crippen molar-refractivity contribution in [1.29, 1.82) is 0 Å². The third-order valence-electron chi connectivity index (χ3n) is 3.79. The Labute approximate surface area is 149 Å². The van der Waals surface area contributed by atoms with Crippen molar-refractivity contribution < 1.29 is 13.2 Å². The van der Waals surface area contributed by atoms with Gasteiger partial charge in [-0.1, -0.05) is 41.4 Å². The second-order valence-corrected chi connectivity index (χ2v) is 6.58. The average molecular weight is 376 g/mol. The van der Waals surface area contributed by atoms with E-state index in [4.69, 9.17) is 23.2 Å². The van der Waals surface area contributed by atoms with E-state index in [1.165, 1.54) is 12.1 Å². The van der Waals surface area contributed by atoms with Crippen molar-refractivity contribution in [3.05, 3.63) is 69.2 Å². The summed E-state index contributed by atoms with van der Waals surface area (Å²) in [6, 6.07) is 11.0. The van der Waals surface area contributed by atoms with Crippen LogP contribution >= 0.6 is 23.2 Å². The van der Waals surface area contributed by atoms with Crippen molar-refractivity contribution in [3.63, 3.8) is 0 Å². The summed E-state index contributed by atoms with van der Waals surface area (Å²) in [7, 11) is 0. The average Bonchev–Trinajstić information content (AvgIpc) is 2.53. The van der Waals surface area contributed by atoms with Gasteiger partial charge in [0.15, 0.2) is 0 Å². The van der Waals surface area contributed by atoms with E-state index in [0.717, 1.165) is 36.1 Å². The molecule has 0 aliphatic carbocycles. The van der Waals surface area contributed by atoms with Gasteiger partial charge in [0.2, 0.25) is 0 Å². The molecule has 2 rings (SSSR count). The lowest BCUT2D eigenvalue weighted by Gasteiger charge is -2.14. The van der Waals surface area contributed by atoms with Gasteiger partial charge in [-0.25, -0.2) is 0 Å². The Kier molecular flexibility index (Phi) is 6.55. The topological polar surface area (TPSA) is 12.0 Å². The summed E-state index contributed by atoms with van der Waals surface area (Å²) in [6.07, 6.45) is -2.56. The van der Waals surface area contributed by atoms with E-state index in [1.807, 2.05) is 19.1 Å². The van der Waals surface area contributed by atoms with Crippen LogP contribution in [0.1, 0.15) is 30.0 Å². The van der Waals surface area contributed by atoms with Crippen LogP contribution in [-0.4, -0.2) is 6.04 Å². The largest absolute Gasteiger partial charge is 0.416 e. The molecule has 0 radical (unpaired) electrons. The molecule has 0 aliphatic heterocycles. The number of nitrogens with one attached hydrogen (secondary N) is 1. The van der Waals surface area contributed by atoms with E-state index in [1.54, 1.807) is 6.07 Å². The third-order valence-corrected chi connectivity index (χ3v) is 4.52. The van der Waals surface area contributed by atoms with Gasteiger partial charge in [0, 0.05) is 12.6 Å². The molecule has 2 aromatic rings. The number of hydrogen-bond donors (Lipinski definition) is 1. The Morgan fingerprint density at radius 3 is 2.17 bits per heavy atom. The summed E-state index contributed by atoms with van der Waals surface area (Å²) in [5.41, 5.74) is 1.30. The molecule has 2 aromatic carbocycles. The van der Waals surface area contributed by atoms with Gasteiger partial charge in [-0.05, 0) is 55.2 Å². The van der Waals surface area contributed by atoms with Gasteiger partial charge in [0.1, 0.15) is 0 Å². The molecule has 0 aliphatic rings. The van der Waals surface area contributed by atoms with Crippen LogP contribution in [0.25, 0.3) is 0 Å². The van der Waals surface area contributed by atoms with Gasteiger partial charge >= 0.3 is 6.18 Å². The molecule has 0 unspecified atom stereocenters. The fourth-order valence-electron chi connectivity index (χ4n) is 2.28. The minimum absolute atomic E-state index is 0.224. The van der Waals surface area contributed by atoms with E-state index in [2.05, 4.69) is 5.32 Å². The van der Waals surface area contributed by atoms with Gasteiger partial charge in [0.25, 0.3) is 0 Å². The van der Waals surface area contributed by atoms with Crippen molar-refractivity contribution in [2.45, 2.75) is 38.5 Å². The maximum absolute atomic E-state index is 12.5. The van der Waals surface area contributed by atoms with E-state index >= 15 is 0 Å². The first-order valence-corrected chi connectivity index (χ1v) is 8.35. The molecule has 0 spiro atoms. The van der Waals surface area contributed by atoms with Crippen molar-refractivity contribution >= 4 is 23.2 Å². The number of halogens is 5. The highest BCUT2D eigenvalue weighted by molar-refractivity contribution is 6.42. The van der Waals surface area contributed by atoms with Crippen molar-refractivity contribution in [2.75, 3.05) is 0 Å². The van der Waals surface area contributed by atoms with E-state index < -0.39 is 11.7 Å². The Bertz CT molecular complexity index is 669. The number of rotatable bonds is 6. The van der Waals surface area contributed by atoms with Crippen LogP contribution in [0.2, 0.25) is 10.0 Å². The number of aryl methyl sites for hydroxylation is 1. The molecule has 6 heteroatoms. The monoisotopic (exact) mass is 375 g/mol. The molecule has 0 heterocycles.